The number of carbonyl (C=O) groups is 1. The van der Waals surface area contributed by atoms with Crippen LogP contribution in [0, 0.1) is 0 Å². The second-order valence-corrected chi connectivity index (χ2v) is 5.95. The number of anilines is 3. The Balaban J connectivity index is 1.79. The Kier molecular flexibility index (Phi) is 5.91. The van der Waals surface area contributed by atoms with Gasteiger partial charge in [0, 0.05) is 11.9 Å². The van der Waals surface area contributed by atoms with Crippen molar-refractivity contribution in [1.82, 2.24) is 4.98 Å². The monoisotopic (exact) mass is 375 g/mol. The first-order valence-electron chi connectivity index (χ1n) is 8.62. The fraction of sp³-hybridized carbons (Fsp3) is 0.0909. The number of allylic oxidation sites excluding steroid dienone is 1. The smallest absolute Gasteiger partial charge is 0.189 e. The minimum atomic E-state index is -0.168. The molecule has 3 rings (SSSR count). The van der Waals surface area contributed by atoms with E-state index in [4.69, 9.17) is 15.2 Å². The van der Waals surface area contributed by atoms with Gasteiger partial charge in [-0.25, -0.2) is 4.98 Å². The van der Waals surface area contributed by atoms with Gasteiger partial charge in [-0.1, -0.05) is 12.1 Å². The maximum absolute atomic E-state index is 12.7. The molecule has 0 saturated heterocycles. The number of nitrogens with zero attached hydrogens (tertiary/aromatic N) is 1. The summed E-state index contributed by atoms with van der Waals surface area (Å²) in [5.41, 5.74) is 8.50. The van der Waals surface area contributed by atoms with Crippen molar-refractivity contribution in [2.24, 2.45) is 0 Å². The zero-order valence-corrected chi connectivity index (χ0v) is 15.7. The van der Waals surface area contributed by atoms with Gasteiger partial charge in [-0.15, -0.1) is 0 Å². The lowest BCUT2D eigenvalue weighted by Crippen LogP contribution is -2.03. The Bertz CT molecular complexity index is 998. The molecule has 0 aliphatic carbocycles. The maximum atomic E-state index is 12.7. The molecule has 0 unspecified atom stereocenters. The number of benzene rings is 2. The third-order valence-electron chi connectivity index (χ3n) is 4.11. The minimum Gasteiger partial charge on any atom is -0.497 e. The van der Waals surface area contributed by atoms with Crippen molar-refractivity contribution in [2.45, 2.75) is 0 Å². The Labute approximate surface area is 163 Å². The Hall–Kier alpha value is -3.80. The maximum Gasteiger partial charge on any atom is 0.189 e. The predicted molar refractivity (Wildman–Crippen MR) is 111 cm³/mol. The fourth-order valence-corrected chi connectivity index (χ4v) is 2.63. The Morgan fingerprint density at radius 1 is 1.07 bits per heavy atom. The summed E-state index contributed by atoms with van der Waals surface area (Å²) in [5.74, 6) is 1.67. The topological polar surface area (TPSA) is 86.5 Å². The van der Waals surface area contributed by atoms with E-state index in [0.717, 1.165) is 17.0 Å². The molecule has 1 aromatic heterocycles. The second-order valence-electron chi connectivity index (χ2n) is 5.95. The van der Waals surface area contributed by atoms with Gasteiger partial charge in [-0.3, -0.25) is 4.79 Å². The standard InChI is InChI=1S/C22H21N3O3/c1-27-17-9-7-16(8-10-17)25-22-18(4-3-13-24-22)20(26)11-5-15-6-12-21(28-2)19(23)14-15/h3-14H,23H2,1-2H3,(H,24,25). The van der Waals surface area contributed by atoms with E-state index in [1.807, 2.05) is 30.3 Å². The van der Waals surface area contributed by atoms with E-state index in [9.17, 15) is 4.79 Å². The van der Waals surface area contributed by atoms with Crippen molar-refractivity contribution in [3.63, 3.8) is 0 Å². The van der Waals surface area contributed by atoms with Gasteiger partial charge < -0.3 is 20.5 Å². The van der Waals surface area contributed by atoms with Gasteiger partial charge in [0.15, 0.2) is 5.78 Å². The van der Waals surface area contributed by atoms with Crippen LogP contribution in [0.3, 0.4) is 0 Å². The second kappa shape index (κ2) is 8.73. The van der Waals surface area contributed by atoms with Gasteiger partial charge in [0.2, 0.25) is 0 Å². The highest BCUT2D eigenvalue weighted by Crippen LogP contribution is 2.24. The largest absolute Gasteiger partial charge is 0.497 e. The highest BCUT2D eigenvalue weighted by Gasteiger charge is 2.10. The third-order valence-corrected chi connectivity index (χ3v) is 4.11. The van der Waals surface area contributed by atoms with Crippen molar-refractivity contribution in [3.05, 3.63) is 78.0 Å². The SMILES string of the molecule is COc1ccc(Nc2ncccc2C(=O)C=Cc2ccc(OC)c(N)c2)cc1. The minimum absolute atomic E-state index is 0.168. The highest BCUT2D eigenvalue weighted by atomic mass is 16.5. The number of hydrogen-bond donors (Lipinski definition) is 2. The van der Waals surface area contributed by atoms with Gasteiger partial charge in [-0.05, 0) is 60.2 Å². The van der Waals surface area contributed by atoms with Crippen LogP contribution < -0.4 is 20.5 Å². The van der Waals surface area contributed by atoms with Crippen LogP contribution in [-0.4, -0.2) is 25.0 Å². The zero-order valence-electron chi connectivity index (χ0n) is 15.7. The van der Waals surface area contributed by atoms with Crippen LogP contribution in [0.5, 0.6) is 11.5 Å². The molecule has 1 heterocycles. The number of ketones is 1. The van der Waals surface area contributed by atoms with Crippen LogP contribution in [0.25, 0.3) is 6.08 Å². The first-order valence-corrected chi connectivity index (χ1v) is 8.62. The molecule has 3 N–H and O–H groups in total. The van der Waals surface area contributed by atoms with Crippen LogP contribution in [0.15, 0.2) is 66.9 Å². The number of nitrogen functional groups attached to an aromatic ring is 1. The predicted octanol–water partition coefficient (Wildman–Crippen LogP) is 4.32. The van der Waals surface area contributed by atoms with E-state index in [-0.39, 0.29) is 5.78 Å². The number of rotatable bonds is 7. The molecule has 6 heteroatoms. The number of nitrogens with two attached hydrogens (primary N) is 1. The Morgan fingerprint density at radius 2 is 1.86 bits per heavy atom. The van der Waals surface area contributed by atoms with E-state index in [0.29, 0.717) is 22.8 Å². The molecule has 0 radical (unpaired) electrons. The van der Waals surface area contributed by atoms with E-state index in [1.165, 1.54) is 6.08 Å². The number of carbonyl (C=O) groups excluding carboxylic acids is 1. The van der Waals surface area contributed by atoms with Gasteiger partial charge in [-0.2, -0.15) is 0 Å². The average Bonchev–Trinajstić information content (AvgIpc) is 2.73. The number of aromatic nitrogens is 1. The fourth-order valence-electron chi connectivity index (χ4n) is 2.63. The molecule has 0 atom stereocenters. The highest BCUT2D eigenvalue weighted by molar-refractivity contribution is 6.10. The molecule has 0 aliphatic heterocycles. The zero-order chi connectivity index (χ0) is 19.9. The first kappa shape index (κ1) is 19.0. The van der Waals surface area contributed by atoms with E-state index in [1.54, 1.807) is 50.8 Å². The summed E-state index contributed by atoms with van der Waals surface area (Å²) >= 11 is 0. The van der Waals surface area contributed by atoms with Crippen molar-refractivity contribution in [1.29, 1.82) is 0 Å². The number of pyridine rings is 1. The van der Waals surface area contributed by atoms with Gasteiger partial charge >= 0.3 is 0 Å². The summed E-state index contributed by atoms with van der Waals surface area (Å²) in [6.07, 6.45) is 4.84. The molecule has 6 nitrogen and oxygen atoms in total. The van der Waals surface area contributed by atoms with Gasteiger partial charge in [0.1, 0.15) is 17.3 Å². The molecule has 0 spiro atoms. The third kappa shape index (κ3) is 4.48. The van der Waals surface area contributed by atoms with Crippen molar-refractivity contribution < 1.29 is 14.3 Å². The Morgan fingerprint density at radius 3 is 2.54 bits per heavy atom. The lowest BCUT2D eigenvalue weighted by atomic mass is 10.1. The van der Waals surface area contributed by atoms with Crippen molar-refractivity contribution >= 4 is 29.1 Å². The van der Waals surface area contributed by atoms with E-state index < -0.39 is 0 Å². The molecule has 142 valence electrons. The normalized spacial score (nSPS) is 10.6. The van der Waals surface area contributed by atoms with E-state index in [2.05, 4.69) is 10.3 Å². The van der Waals surface area contributed by atoms with Crippen LogP contribution in [0.1, 0.15) is 15.9 Å². The summed E-state index contributed by atoms with van der Waals surface area (Å²) in [6, 6.07) is 16.2. The molecule has 0 fully saturated rings. The number of hydrogen-bond acceptors (Lipinski definition) is 6. The molecule has 28 heavy (non-hydrogen) atoms. The summed E-state index contributed by atoms with van der Waals surface area (Å²) in [6.45, 7) is 0. The molecular formula is C22H21N3O3. The van der Waals surface area contributed by atoms with Gasteiger partial charge in [0.05, 0.1) is 25.5 Å². The lowest BCUT2D eigenvalue weighted by Gasteiger charge is -2.09. The van der Waals surface area contributed by atoms with Crippen molar-refractivity contribution in [2.75, 3.05) is 25.3 Å². The summed E-state index contributed by atoms with van der Waals surface area (Å²) in [7, 11) is 3.17. The molecule has 0 bridgehead atoms. The molecule has 0 amide bonds. The lowest BCUT2D eigenvalue weighted by molar-refractivity contribution is 0.104. The number of methoxy groups -OCH3 is 2. The quantitative estimate of drug-likeness (QED) is 0.363. The van der Waals surface area contributed by atoms with Crippen molar-refractivity contribution in [3.8, 4) is 11.5 Å². The first-order chi connectivity index (χ1) is 13.6. The molecule has 0 saturated carbocycles. The van der Waals surface area contributed by atoms with Crippen LogP contribution in [-0.2, 0) is 0 Å². The summed E-state index contributed by atoms with van der Waals surface area (Å²) in [4.78, 5) is 17.0. The number of nitrogens with one attached hydrogen (secondary N) is 1. The summed E-state index contributed by atoms with van der Waals surface area (Å²) in [5, 5.41) is 3.17. The molecule has 0 aliphatic rings. The van der Waals surface area contributed by atoms with Gasteiger partial charge in [0.25, 0.3) is 0 Å². The molecule has 3 aromatic rings. The number of ether oxygens (including phenoxy) is 2. The van der Waals surface area contributed by atoms with Crippen LogP contribution in [0.2, 0.25) is 0 Å². The summed E-state index contributed by atoms with van der Waals surface area (Å²) < 4.78 is 10.3. The van der Waals surface area contributed by atoms with Crippen LogP contribution >= 0.6 is 0 Å². The van der Waals surface area contributed by atoms with Crippen LogP contribution in [0.4, 0.5) is 17.2 Å². The molecular weight excluding hydrogens is 354 g/mol. The average molecular weight is 375 g/mol. The molecule has 2 aromatic carbocycles. The van der Waals surface area contributed by atoms with E-state index >= 15 is 0 Å².